The molecule has 1 aliphatic heterocycles. The SMILES string of the molecule is Cc1ccc(-c2nnn(CC(=O)N3CCC(O)CC3)n2)cc1. The van der Waals surface area contributed by atoms with Crippen LogP contribution in [0.5, 0.6) is 0 Å². The molecule has 0 radical (unpaired) electrons. The number of amides is 1. The number of benzene rings is 1. The summed E-state index contributed by atoms with van der Waals surface area (Å²) in [6, 6.07) is 7.84. The molecule has 1 N–H and O–H groups in total. The third kappa shape index (κ3) is 3.30. The molecule has 1 aromatic heterocycles. The predicted molar refractivity (Wildman–Crippen MR) is 79.8 cm³/mol. The summed E-state index contributed by atoms with van der Waals surface area (Å²) >= 11 is 0. The number of aliphatic hydroxyl groups excluding tert-OH is 1. The molecule has 3 rings (SSSR count). The second-order valence-corrected chi connectivity index (χ2v) is 5.62. The standard InChI is InChI=1S/C15H19N5O2/c1-11-2-4-12(5-3-11)15-16-18-20(17-15)10-14(22)19-8-6-13(21)7-9-19/h2-5,13,21H,6-10H2,1H3. The Morgan fingerprint density at radius 1 is 1.27 bits per heavy atom. The van der Waals surface area contributed by atoms with E-state index in [9.17, 15) is 9.90 Å². The van der Waals surface area contributed by atoms with Gasteiger partial charge in [0.25, 0.3) is 0 Å². The van der Waals surface area contributed by atoms with Gasteiger partial charge in [-0.05, 0) is 25.0 Å². The van der Waals surface area contributed by atoms with Gasteiger partial charge < -0.3 is 10.0 Å². The van der Waals surface area contributed by atoms with Crippen LogP contribution in [0.4, 0.5) is 0 Å². The summed E-state index contributed by atoms with van der Waals surface area (Å²) < 4.78 is 0. The molecule has 0 spiro atoms. The van der Waals surface area contributed by atoms with Crippen molar-refractivity contribution < 1.29 is 9.90 Å². The number of hydrogen-bond acceptors (Lipinski definition) is 5. The molecule has 1 saturated heterocycles. The Kier molecular flexibility index (Phi) is 4.15. The molecule has 1 amide bonds. The maximum absolute atomic E-state index is 12.2. The minimum absolute atomic E-state index is 0.0419. The van der Waals surface area contributed by atoms with E-state index in [4.69, 9.17) is 0 Å². The Morgan fingerprint density at radius 2 is 1.95 bits per heavy atom. The van der Waals surface area contributed by atoms with Crippen LogP contribution in [0.25, 0.3) is 11.4 Å². The Balaban J connectivity index is 1.64. The topological polar surface area (TPSA) is 84.1 Å². The summed E-state index contributed by atoms with van der Waals surface area (Å²) in [6.45, 7) is 3.26. The van der Waals surface area contributed by atoms with E-state index in [1.54, 1.807) is 4.90 Å². The van der Waals surface area contributed by atoms with Gasteiger partial charge in [0, 0.05) is 18.7 Å². The molecule has 7 nitrogen and oxygen atoms in total. The van der Waals surface area contributed by atoms with E-state index in [-0.39, 0.29) is 18.6 Å². The van der Waals surface area contributed by atoms with E-state index in [0.717, 1.165) is 5.56 Å². The van der Waals surface area contributed by atoms with Crippen LogP contribution in [0.15, 0.2) is 24.3 Å². The first-order valence-corrected chi connectivity index (χ1v) is 7.42. The van der Waals surface area contributed by atoms with Gasteiger partial charge in [-0.25, -0.2) is 0 Å². The smallest absolute Gasteiger partial charge is 0.246 e. The third-order valence-electron chi connectivity index (χ3n) is 3.86. The van der Waals surface area contributed by atoms with Crippen molar-refractivity contribution in [1.82, 2.24) is 25.1 Å². The second kappa shape index (κ2) is 6.23. The number of rotatable bonds is 3. The van der Waals surface area contributed by atoms with Gasteiger partial charge in [-0.2, -0.15) is 4.80 Å². The van der Waals surface area contributed by atoms with Crippen molar-refractivity contribution in [2.45, 2.75) is 32.4 Å². The number of aliphatic hydroxyl groups is 1. The molecule has 0 unspecified atom stereocenters. The molecule has 7 heteroatoms. The molecule has 0 aliphatic carbocycles. The quantitative estimate of drug-likeness (QED) is 0.899. The Bertz CT molecular complexity index is 644. The molecule has 0 bridgehead atoms. The number of piperidine rings is 1. The fourth-order valence-corrected chi connectivity index (χ4v) is 2.46. The number of nitrogens with zero attached hydrogens (tertiary/aromatic N) is 5. The lowest BCUT2D eigenvalue weighted by atomic mass is 10.1. The predicted octanol–water partition coefficient (Wildman–Crippen LogP) is 0.632. The third-order valence-corrected chi connectivity index (χ3v) is 3.86. The molecule has 22 heavy (non-hydrogen) atoms. The van der Waals surface area contributed by atoms with Gasteiger partial charge in [-0.15, -0.1) is 10.2 Å². The highest BCUT2D eigenvalue weighted by Crippen LogP contribution is 2.14. The van der Waals surface area contributed by atoms with Gasteiger partial charge >= 0.3 is 0 Å². The average Bonchev–Trinajstić information content (AvgIpc) is 2.97. The molecular weight excluding hydrogens is 282 g/mol. The van der Waals surface area contributed by atoms with E-state index in [1.165, 1.54) is 10.4 Å². The number of carbonyl (C=O) groups excluding carboxylic acids is 1. The number of aryl methyl sites for hydroxylation is 1. The first-order chi connectivity index (χ1) is 10.6. The summed E-state index contributed by atoms with van der Waals surface area (Å²) in [5.74, 6) is 0.474. The second-order valence-electron chi connectivity index (χ2n) is 5.62. The molecule has 0 saturated carbocycles. The molecule has 1 aliphatic rings. The first kappa shape index (κ1) is 14.6. The van der Waals surface area contributed by atoms with Gasteiger partial charge in [-0.3, -0.25) is 4.79 Å². The van der Waals surface area contributed by atoms with Crippen LogP contribution in [0.2, 0.25) is 0 Å². The van der Waals surface area contributed by atoms with Crippen molar-refractivity contribution in [3.8, 4) is 11.4 Å². The molecule has 116 valence electrons. The first-order valence-electron chi connectivity index (χ1n) is 7.42. The van der Waals surface area contributed by atoms with Crippen LogP contribution in [0.1, 0.15) is 18.4 Å². The Labute approximate surface area is 128 Å². The zero-order valence-electron chi connectivity index (χ0n) is 12.5. The highest BCUT2D eigenvalue weighted by atomic mass is 16.3. The van der Waals surface area contributed by atoms with E-state index in [2.05, 4.69) is 15.4 Å². The van der Waals surface area contributed by atoms with E-state index < -0.39 is 0 Å². The number of tetrazole rings is 1. The highest BCUT2D eigenvalue weighted by Gasteiger charge is 2.22. The summed E-state index contributed by atoms with van der Waals surface area (Å²) in [5.41, 5.74) is 2.05. The normalized spacial score (nSPS) is 16.0. The van der Waals surface area contributed by atoms with Crippen LogP contribution >= 0.6 is 0 Å². The van der Waals surface area contributed by atoms with Crippen LogP contribution in [-0.2, 0) is 11.3 Å². The average molecular weight is 301 g/mol. The highest BCUT2D eigenvalue weighted by molar-refractivity contribution is 5.75. The number of hydrogen-bond donors (Lipinski definition) is 1. The fourth-order valence-electron chi connectivity index (χ4n) is 2.46. The lowest BCUT2D eigenvalue weighted by Crippen LogP contribution is -2.41. The lowest BCUT2D eigenvalue weighted by Gasteiger charge is -2.29. The van der Waals surface area contributed by atoms with Crippen LogP contribution in [0.3, 0.4) is 0 Å². The molecule has 2 aromatic rings. The van der Waals surface area contributed by atoms with Crippen LogP contribution < -0.4 is 0 Å². The van der Waals surface area contributed by atoms with Crippen molar-refractivity contribution in [2.75, 3.05) is 13.1 Å². The van der Waals surface area contributed by atoms with Crippen LogP contribution in [-0.4, -0.2) is 55.3 Å². The zero-order chi connectivity index (χ0) is 15.5. The summed E-state index contributed by atoms with van der Waals surface area (Å²) in [6.07, 6.45) is 0.970. The van der Waals surface area contributed by atoms with Gasteiger partial charge in [-0.1, -0.05) is 29.8 Å². The Morgan fingerprint density at radius 3 is 2.64 bits per heavy atom. The summed E-state index contributed by atoms with van der Waals surface area (Å²) in [5, 5.41) is 21.7. The molecule has 1 fully saturated rings. The lowest BCUT2D eigenvalue weighted by molar-refractivity contribution is -0.134. The van der Waals surface area contributed by atoms with Crippen molar-refractivity contribution in [1.29, 1.82) is 0 Å². The van der Waals surface area contributed by atoms with Crippen molar-refractivity contribution in [3.63, 3.8) is 0 Å². The van der Waals surface area contributed by atoms with Gasteiger partial charge in [0.05, 0.1) is 6.10 Å². The van der Waals surface area contributed by atoms with Gasteiger partial charge in [0.1, 0.15) is 6.54 Å². The van der Waals surface area contributed by atoms with Gasteiger partial charge in [0.2, 0.25) is 11.7 Å². The maximum atomic E-state index is 12.2. The minimum atomic E-state index is -0.290. The van der Waals surface area contributed by atoms with Crippen molar-refractivity contribution >= 4 is 5.91 Å². The molecule has 2 heterocycles. The fraction of sp³-hybridized carbons (Fsp3) is 0.467. The molecule has 1 aromatic carbocycles. The number of carbonyl (C=O) groups is 1. The van der Waals surface area contributed by atoms with E-state index in [1.807, 2.05) is 31.2 Å². The maximum Gasteiger partial charge on any atom is 0.246 e. The zero-order valence-corrected chi connectivity index (χ0v) is 12.5. The molecule has 0 atom stereocenters. The monoisotopic (exact) mass is 301 g/mol. The Hall–Kier alpha value is -2.28. The molecular formula is C15H19N5O2. The largest absolute Gasteiger partial charge is 0.393 e. The van der Waals surface area contributed by atoms with E-state index in [0.29, 0.717) is 31.8 Å². The van der Waals surface area contributed by atoms with Crippen molar-refractivity contribution in [3.05, 3.63) is 29.8 Å². The number of aromatic nitrogens is 4. The summed E-state index contributed by atoms with van der Waals surface area (Å²) in [7, 11) is 0. The van der Waals surface area contributed by atoms with Crippen LogP contribution in [0, 0.1) is 6.92 Å². The number of likely N-dealkylation sites (tertiary alicyclic amines) is 1. The summed E-state index contributed by atoms with van der Waals surface area (Å²) in [4.78, 5) is 15.2. The minimum Gasteiger partial charge on any atom is -0.393 e. The van der Waals surface area contributed by atoms with Crippen molar-refractivity contribution in [2.24, 2.45) is 0 Å². The van der Waals surface area contributed by atoms with Gasteiger partial charge in [0.15, 0.2) is 0 Å². The van der Waals surface area contributed by atoms with E-state index >= 15 is 0 Å².